The summed E-state index contributed by atoms with van der Waals surface area (Å²) in [6, 6.07) is 17.6. The van der Waals surface area contributed by atoms with Gasteiger partial charge in [0, 0.05) is 30.4 Å². The van der Waals surface area contributed by atoms with Crippen LogP contribution in [0.3, 0.4) is 0 Å². The predicted octanol–water partition coefficient (Wildman–Crippen LogP) is 4.05. The largest absolute Gasteiger partial charge is 0.330 e. The van der Waals surface area contributed by atoms with Crippen molar-refractivity contribution in [3.05, 3.63) is 88.5 Å². The number of benzene rings is 2. The van der Waals surface area contributed by atoms with Crippen molar-refractivity contribution in [3.63, 3.8) is 0 Å². The van der Waals surface area contributed by atoms with Crippen LogP contribution in [-0.2, 0) is 13.0 Å². The van der Waals surface area contributed by atoms with Gasteiger partial charge in [0.25, 0.3) is 0 Å². The maximum atomic E-state index is 8.98. The van der Waals surface area contributed by atoms with E-state index in [1.54, 1.807) is 6.20 Å². The highest BCUT2D eigenvalue weighted by molar-refractivity contribution is 6.31. The van der Waals surface area contributed by atoms with Crippen LogP contribution in [0.25, 0.3) is 0 Å². The van der Waals surface area contributed by atoms with E-state index in [4.69, 9.17) is 16.9 Å². The van der Waals surface area contributed by atoms with E-state index in [0.717, 1.165) is 22.0 Å². The summed E-state index contributed by atoms with van der Waals surface area (Å²) < 4.78 is 2.08. The lowest BCUT2D eigenvalue weighted by atomic mass is 10.1. The lowest BCUT2D eigenvalue weighted by Crippen LogP contribution is -2.05. The predicted molar refractivity (Wildman–Crippen MR) is 86.7 cm³/mol. The molecule has 1 heterocycles. The SMILES string of the molecule is N#Cc1cccc(Cn2ccnc2Cc2ccccc2Cl)c1. The van der Waals surface area contributed by atoms with Gasteiger partial charge >= 0.3 is 0 Å². The summed E-state index contributed by atoms with van der Waals surface area (Å²) in [5.41, 5.74) is 2.81. The molecule has 108 valence electrons. The molecule has 3 nitrogen and oxygen atoms in total. The standard InChI is InChI=1S/C18H14ClN3/c19-17-7-2-1-6-16(17)11-18-21-8-9-22(18)13-15-5-3-4-14(10-15)12-20/h1-10H,11,13H2. The zero-order valence-electron chi connectivity index (χ0n) is 11.9. The maximum absolute atomic E-state index is 8.98. The van der Waals surface area contributed by atoms with Crippen LogP contribution in [0.1, 0.15) is 22.5 Å². The highest BCUT2D eigenvalue weighted by Crippen LogP contribution is 2.19. The zero-order chi connectivity index (χ0) is 15.4. The van der Waals surface area contributed by atoms with Gasteiger partial charge in [0.05, 0.1) is 11.6 Å². The monoisotopic (exact) mass is 307 g/mol. The zero-order valence-corrected chi connectivity index (χ0v) is 12.7. The third-order valence-electron chi connectivity index (χ3n) is 3.52. The van der Waals surface area contributed by atoms with Gasteiger partial charge in [-0.2, -0.15) is 5.26 Å². The van der Waals surface area contributed by atoms with Gasteiger partial charge in [0.1, 0.15) is 5.82 Å². The molecule has 0 aliphatic carbocycles. The minimum Gasteiger partial charge on any atom is -0.330 e. The number of imidazole rings is 1. The molecule has 4 heteroatoms. The van der Waals surface area contributed by atoms with Gasteiger partial charge in [-0.1, -0.05) is 41.9 Å². The number of nitriles is 1. The van der Waals surface area contributed by atoms with Gasteiger partial charge in [-0.15, -0.1) is 0 Å². The van der Waals surface area contributed by atoms with Crippen molar-refractivity contribution in [1.82, 2.24) is 9.55 Å². The van der Waals surface area contributed by atoms with Crippen molar-refractivity contribution in [1.29, 1.82) is 5.26 Å². The van der Waals surface area contributed by atoms with Crippen LogP contribution >= 0.6 is 11.6 Å². The third-order valence-corrected chi connectivity index (χ3v) is 3.89. The summed E-state index contributed by atoms with van der Waals surface area (Å²) in [4.78, 5) is 4.43. The van der Waals surface area contributed by atoms with E-state index in [0.29, 0.717) is 18.5 Å². The molecule has 0 unspecified atom stereocenters. The smallest absolute Gasteiger partial charge is 0.113 e. The van der Waals surface area contributed by atoms with E-state index >= 15 is 0 Å². The fraction of sp³-hybridized carbons (Fsp3) is 0.111. The first-order valence-corrected chi connectivity index (χ1v) is 7.36. The Bertz CT molecular complexity index is 830. The molecule has 1 aromatic heterocycles. The normalized spacial score (nSPS) is 10.4. The van der Waals surface area contributed by atoms with Crippen LogP contribution in [0.4, 0.5) is 0 Å². The van der Waals surface area contributed by atoms with Crippen molar-refractivity contribution in [3.8, 4) is 6.07 Å². The van der Waals surface area contributed by atoms with Crippen LogP contribution in [0.5, 0.6) is 0 Å². The molecule has 0 N–H and O–H groups in total. The average molecular weight is 308 g/mol. The van der Waals surface area contributed by atoms with Crippen molar-refractivity contribution in [2.24, 2.45) is 0 Å². The van der Waals surface area contributed by atoms with Crippen LogP contribution in [0, 0.1) is 11.3 Å². The molecule has 0 amide bonds. The number of rotatable bonds is 4. The molecule has 0 aliphatic heterocycles. The van der Waals surface area contributed by atoms with Crippen LogP contribution in [-0.4, -0.2) is 9.55 Å². The fourth-order valence-corrected chi connectivity index (χ4v) is 2.60. The van der Waals surface area contributed by atoms with E-state index in [9.17, 15) is 0 Å². The van der Waals surface area contributed by atoms with Crippen molar-refractivity contribution >= 4 is 11.6 Å². The summed E-state index contributed by atoms with van der Waals surface area (Å²) in [7, 11) is 0. The summed E-state index contributed by atoms with van der Waals surface area (Å²) in [6.45, 7) is 0.690. The maximum Gasteiger partial charge on any atom is 0.113 e. The van der Waals surface area contributed by atoms with Crippen molar-refractivity contribution < 1.29 is 0 Å². The summed E-state index contributed by atoms with van der Waals surface area (Å²) in [5.74, 6) is 0.954. The second-order valence-corrected chi connectivity index (χ2v) is 5.46. The molecule has 0 atom stereocenters. The Kier molecular flexibility index (Phi) is 4.22. The first-order valence-electron chi connectivity index (χ1n) is 6.99. The average Bonchev–Trinajstić information content (AvgIpc) is 2.97. The lowest BCUT2D eigenvalue weighted by Gasteiger charge is -2.09. The molecule has 0 radical (unpaired) electrons. The first kappa shape index (κ1) is 14.4. The van der Waals surface area contributed by atoms with Gasteiger partial charge in [-0.3, -0.25) is 0 Å². The summed E-state index contributed by atoms with van der Waals surface area (Å²) >= 11 is 6.22. The molecule has 3 aromatic rings. The van der Waals surface area contributed by atoms with Crippen LogP contribution in [0.15, 0.2) is 60.9 Å². The van der Waals surface area contributed by atoms with E-state index in [2.05, 4.69) is 15.6 Å². The molecular weight excluding hydrogens is 294 g/mol. The molecule has 22 heavy (non-hydrogen) atoms. The molecule has 0 bridgehead atoms. The number of halogens is 1. The van der Waals surface area contributed by atoms with Gasteiger partial charge in [0.2, 0.25) is 0 Å². The van der Waals surface area contributed by atoms with E-state index in [1.165, 1.54) is 0 Å². The van der Waals surface area contributed by atoms with E-state index in [-0.39, 0.29) is 0 Å². The van der Waals surface area contributed by atoms with Crippen LogP contribution in [0.2, 0.25) is 5.02 Å². The topological polar surface area (TPSA) is 41.6 Å². The molecular formula is C18H14ClN3. The summed E-state index contributed by atoms with van der Waals surface area (Å²) in [6.07, 6.45) is 4.43. The second-order valence-electron chi connectivity index (χ2n) is 5.05. The van der Waals surface area contributed by atoms with E-state index in [1.807, 2.05) is 54.7 Å². The molecule has 0 saturated heterocycles. The third kappa shape index (κ3) is 3.19. The van der Waals surface area contributed by atoms with Crippen molar-refractivity contribution in [2.75, 3.05) is 0 Å². The Labute approximate surface area is 134 Å². The lowest BCUT2D eigenvalue weighted by molar-refractivity contribution is 0.740. The molecule has 0 saturated carbocycles. The number of aromatic nitrogens is 2. The quantitative estimate of drug-likeness (QED) is 0.729. The fourth-order valence-electron chi connectivity index (χ4n) is 2.40. The summed E-state index contributed by atoms with van der Waals surface area (Å²) in [5, 5.41) is 9.74. The number of hydrogen-bond acceptors (Lipinski definition) is 2. The minimum absolute atomic E-state index is 0.672. The highest BCUT2D eigenvalue weighted by atomic mass is 35.5. The van der Waals surface area contributed by atoms with Gasteiger partial charge in [-0.05, 0) is 29.3 Å². The molecule has 0 fully saturated rings. The molecule has 0 aliphatic rings. The second kappa shape index (κ2) is 6.46. The highest BCUT2D eigenvalue weighted by Gasteiger charge is 2.07. The molecule has 3 rings (SSSR count). The van der Waals surface area contributed by atoms with Gasteiger partial charge < -0.3 is 4.57 Å². The first-order chi connectivity index (χ1) is 10.8. The Morgan fingerprint density at radius 1 is 1.14 bits per heavy atom. The number of nitrogens with zero attached hydrogens (tertiary/aromatic N) is 3. The van der Waals surface area contributed by atoms with E-state index < -0.39 is 0 Å². The molecule has 0 spiro atoms. The van der Waals surface area contributed by atoms with Gasteiger partial charge in [-0.25, -0.2) is 4.98 Å². The molecule has 2 aromatic carbocycles. The van der Waals surface area contributed by atoms with Crippen molar-refractivity contribution in [2.45, 2.75) is 13.0 Å². The van der Waals surface area contributed by atoms with Gasteiger partial charge in [0.15, 0.2) is 0 Å². The number of hydrogen-bond donors (Lipinski definition) is 0. The Hall–Kier alpha value is -2.57. The Balaban J connectivity index is 1.83. The Morgan fingerprint density at radius 3 is 2.82 bits per heavy atom. The Morgan fingerprint density at radius 2 is 2.00 bits per heavy atom. The minimum atomic E-state index is 0.672. The van der Waals surface area contributed by atoms with Crippen LogP contribution < -0.4 is 0 Å².